The highest BCUT2D eigenvalue weighted by Gasteiger charge is 2.13. The van der Waals surface area contributed by atoms with E-state index in [-0.39, 0.29) is 11.4 Å². The van der Waals surface area contributed by atoms with Crippen LogP contribution in [0.4, 0.5) is 11.4 Å². The smallest absolute Gasteiger partial charge is 0.258 e. The maximum absolute atomic E-state index is 11.4. The van der Waals surface area contributed by atoms with Crippen LogP contribution in [0, 0.1) is 10.1 Å². The first kappa shape index (κ1) is 19.9. The SMILES string of the molecule is O=[N+]([O-])c1ccccc1N=c1scc(-c2ccc(Br)cc2)n1/N=C\c1ccccn1. The summed E-state index contributed by atoms with van der Waals surface area (Å²) in [6, 6.07) is 19.8. The molecule has 0 atom stereocenters. The van der Waals surface area contributed by atoms with Crippen LogP contribution in [-0.2, 0) is 0 Å². The van der Waals surface area contributed by atoms with E-state index in [1.54, 1.807) is 35.3 Å². The number of halogens is 1. The number of hydrogen-bond acceptors (Lipinski definition) is 6. The molecule has 4 rings (SSSR count). The lowest BCUT2D eigenvalue weighted by atomic mass is 10.2. The van der Waals surface area contributed by atoms with Crippen LogP contribution in [-0.4, -0.2) is 20.8 Å². The largest absolute Gasteiger partial charge is 0.294 e. The zero-order chi connectivity index (χ0) is 20.9. The van der Waals surface area contributed by atoms with Gasteiger partial charge in [-0.1, -0.05) is 46.3 Å². The topological polar surface area (TPSA) is 85.7 Å². The van der Waals surface area contributed by atoms with Crippen molar-refractivity contribution in [2.45, 2.75) is 0 Å². The Labute approximate surface area is 184 Å². The first-order valence-electron chi connectivity index (χ1n) is 8.82. The fourth-order valence-corrected chi connectivity index (χ4v) is 3.81. The van der Waals surface area contributed by atoms with Gasteiger partial charge in [0.05, 0.1) is 22.5 Å². The minimum absolute atomic E-state index is 0.0589. The van der Waals surface area contributed by atoms with Crippen molar-refractivity contribution < 1.29 is 4.92 Å². The summed E-state index contributed by atoms with van der Waals surface area (Å²) in [7, 11) is 0. The molecule has 0 unspecified atom stereocenters. The Morgan fingerprint density at radius 2 is 1.83 bits per heavy atom. The minimum atomic E-state index is -0.441. The normalized spacial score (nSPS) is 11.8. The first-order chi connectivity index (χ1) is 14.6. The van der Waals surface area contributed by atoms with Gasteiger partial charge in [-0.2, -0.15) is 5.10 Å². The monoisotopic (exact) mass is 479 g/mol. The van der Waals surface area contributed by atoms with Crippen LogP contribution in [0.25, 0.3) is 11.3 Å². The van der Waals surface area contributed by atoms with Gasteiger partial charge in [-0.05, 0) is 30.3 Å². The van der Waals surface area contributed by atoms with Crippen molar-refractivity contribution in [1.29, 1.82) is 0 Å². The third-order valence-electron chi connectivity index (χ3n) is 4.11. The molecule has 0 amide bonds. The Morgan fingerprint density at radius 1 is 1.07 bits per heavy atom. The van der Waals surface area contributed by atoms with Crippen molar-refractivity contribution in [3.05, 3.63) is 103 Å². The van der Waals surface area contributed by atoms with Crippen molar-refractivity contribution in [1.82, 2.24) is 9.66 Å². The molecule has 2 aromatic heterocycles. The molecule has 0 aliphatic rings. The summed E-state index contributed by atoms with van der Waals surface area (Å²) in [5, 5.41) is 17.9. The van der Waals surface area contributed by atoms with E-state index >= 15 is 0 Å². The number of nitrogens with zero attached hydrogens (tertiary/aromatic N) is 5. The number of pyridine rings is 1. The predicted octanol–water partition coefficient (Wildman–Crippen LogP) is 5.40. The third kappa shape index (κ3) is 4.42. The molecule has 0 radical (unpaired) electrons. The van der Waals surface area contributed by atoms with Crippen LogP contribution in [0.3, 0.4) is 0 Å². The molecular formula is C21H14BrN5O2S. The van der Waals surface area contributed by atoms with Gasteiger partial charge in [0, 0.05) is 27.7 Å². The molecule has 9 heteroatoms. The summed E-state index contributed by atoms with van der Waals surface area (Å²) in [6.45, 7) is 0. The summed E-state index contributed by atoms with van der Waals surface area (Å²) in [4.78, 5) is 20.2. The molecule has 0 aliphatic carbocycles. The molecule has 0 aliphatic heterocycles. The van der Waals surface area contributed by atoms with Crippen molar-refractivity contribution >= 4 is 44.9 Å². The van der Waals surface area contributed by atoms with Crippen molar-refractivity contribution in [3.8, 4) is 11.3 Å². The van der Waals surface area contributed by atoms with E-state index in [1.807, 2.05) is 47.8 Å². The van der Waals surface area contributed by atoms with Gasteiger partial charge in [-0.3, -0.25) is 15.1 Å². The molecule has 0 saturated carbocycles. The number of thiazole rings is 1. The van der Waals surface area contributed by atoms with Crippen LogP contribution in [0.15, 0.2) is 92.9 Å². The number of hydrogen-bond donors (Lipinski definition) is 0. The Balaban J connectivity index is 1.88. The number of para-hydroxylation sites is 2. The number of aromatic nitrogens is 2. The van der Waals surface area contributed by atoms with Gasteiger partial charge in [-0.15, -0.1) is 11.3 Å². The molecular weight excluding hydrogens is 466 g/mol. The fourth-order valence-electron chi connectivity index (χ4n) is 2.69. The van der Waals surface area contributed by atoms with E-state index in [0.29, 0.717) is 10.5 Å². The summed E-state index contributed by atoms with van der Waals surface area (Å²) in [5.41, 5.74) is 2.66. The van der Waals surface area contributed by atoms with Gasteiger partial charge in [0.2, 0.25) is 4.80 Å². The quantitative estimate of drug-likeness (QED) is 0.218. The molecule has 148 valence electrons. The van der Waals surface area contributed by atoms with Gasteiger partial charge < -0.3 is 0 Å². The highest BCUT2D eigenvalue weighted by molar-refractivity contribution is 9.10. The lowest BCUT2D eigenvalue weighted by Gasteiger charge is -2.04. The third-order valence-corrected chi connectivity index (χ3v) is 5.46. The lowest BCUT2D eigenvalue weighted by molar-refractivity contribution is -0.384. The van der Waals surface area contributed by atoms with Crippen LogP contribution in [0.1, 0.15) is 5.69 Å². The highest BCUT2D eigenvalue weighted by Crippen LogP contribution is 2.27. The number of benzene rings is 2. The van der Waals surface area contributed by atoms with E-state index in [0.717, 1.165) is 15.7 Å². The summed E-state index contributed by atoms with van der Waals surface area (Å²) in [6.07, 6.45) is 3.32. The molecule has 0 saturated heterocycles. The van der Waals surface area contributed by atoms with Crippen LogP contribution in [0.5, 0.6) is 0 Å². The molecule has 0 bridgehead atoms. The molecule has 2 aromatic carbocycles. The molecule has 7 nitrogen and oxygen atoms in total. The second-order valence-electron chi connectivity index (χ2n) is 6.08. The maximum Gasteiger partial charge on any atom is 0.294 e. The highest BCUT2D eigenvalue weighted by atomic mass is 79.9. The molecule has 0 N–H and O–H groups in total. The zero-order valence-electron chi connectivity index (χ0n) is 15.4. The van der Waals surface area contributed by atoms with E-state index in [9.17, 15) is 10.1 Å². The Bertz CT molecular complexity index is 1280. The van der Waals surface area contributed by atoms with Crippen molar-refractivity contribution in [2.24, 2.45) is 10.1 Å². The van der Waals surface area contributed by atoms with E-state index < -0.39 is 4.92 Å². The van der Waals surface area contributed by atoms with Gasteiger partial charge in [0.25, 0.3) is 5.69 Å². The van der Waals surface area contributed by atoms with Crippen molar-refractivity contribution in [2.75, 3.05) is 0 Å². The Hall–Kier alpha value is -3.43. The summed E-state index contributed by atoms with van der Waals surface area (Å²) in [5.74, 6) is 0. The number of nitro groups is 1. The molecule has 0 fully saturated rings. The Morgan fingerprint density at radius 3 is 2.57 bits per heavy atom. The van der Waals surface area contributed by atoms with Crippen LogP contribution < -0.4 is 4.80 Å². The Kier molecular flexibility index (Phi) is 5.92. The molecule has 0 spiro atoms. The minimum Gasteiger partial charge on any atom is -0.258 e. The van der Waals surface area contributed by atoms with Crippen LogP contribution >= 0.6 is 27.3 Å². The first-order valence-corrected chi connectivity index (χ1v) is 10.5. The van der Waals surface area contributed by atoms with Gasteiger partial charge in [0.1, 0.15) is 5.69 Å². The zero-order valence-corrected chi connectivity index (χ0v) is 17.8. The predicted molar refractivity (Wildman–Crippen MR) is 121 cm³/mol. The second-order valence-corrected chi connectivity index (χ2v) is 7.83. The molecule has 30 heavy (non-hydrogen) atoms. The summed E-state index contributed by atoms with van der Waals surface area (Å²) < 4.78 is 2.63. The average molecular weight is 480 g/mol. The maximum atomic E-state index is 11.4. The van der Waals surface area contributed by atoms with Gasteiger partial charge >= 0.3 is 0 Å². The van der Waals surface area contributed by atoms with E-state index in [1.165, 1.54) is 17.4 Å². The average Bonchev–Trinajstić information content (AvgIpc) is 3.16. The number of nitro benzene ring substituents is 1. The van der Waals surface area contributed by atoms with Gasteiger partial charge in [-0.25, -0.2) is 9.67 Å². The van der Waals surface area contributed by atoms with Crippen LogP contribution in [0.2, 0.25) is 0 Å². The molecule has 4 aromatic rings. The van der Waals surface area contributed by atoms with Crippen molar-refractivity contribution in [3.63, 3.8) is 0 Å². The lowest BCUT2D eigenvalue weighted by Crippen LogP contribution is -2.12. The van der Waals surface area contributed by atoms with E-state index in [2.05, 4.69) is 31.0 Å². The number of rotatable bonds is 5. The van der Waals surface area contributed by atoms with Gasteiger partial charge in [0.15, 0.2) is 0 Å². The molecule has 2 heterocycles. The second kappa shape index (κ2) is 8.93. The summed E-state index contributed by atoms with van der Waals surface area (Å²) >= 11 is 4.80. The fraction of sp³-hybridized carbons (Fsp3) is 0. The standard InChI is InChI=1S/C21H14BrN5O2S/c22-16-10-8-15(9-11-16)20-14-30-21(25-18-6-1-2-7-19(18)27(28)29)26(20)24-13-17-5-3-4-12-23-17/h1-14H/b24-13-,25-21?. The van der Waals surface area contributed by atoms with E-state index in [4.69, 9.17) is 0 Å².